The number of carbonyl (C=O) groups excluding carboxylic acids is 1. The second kappa shape index (κ2) is 8.17. The van der Waals surface area contributed by atoms with Gasteiger partial charge in [0.25, 0.3) is 0 Å². The lowest BCUT2D eigenvalue weighted by Gasteiger charge is -2.14. The Hall–Kier alpha value is -2.56. The Balaban J connectivity index is 1.71. The fourth-order valence-corrected chi connectivity index (χ4v) is 2.21. The van der Waals surface area contributed by atoms with Crippen molar-refractivity contribution < 1.29 is 9.53 Å². The number of nitrogens with one attached hydrogen (secondary N) is 2. The van der Waals surface area contributed by atoms with E-state index in [-0.39, 0.29) is 6.03 Å². The topological polar surface area (TPSA) is 63.2 Å². The third kappa shape index (κ3) is 4.98. The number of amides is 2. The molecular formula is C18H23N3O2. The molecule has 1 aromatic heterocycles. The maximum absolute atomic E-state index is 11.7. The van der Waals surface area contributed by atoms with Gasteiger partial charge in [-0.1, -0.05) is 12.1 Å². The second-order valence-corrected chi connectivity index (χ2v) is 5.47. The van der Waals surface area contributed by atoms with E-state index in [4.69, 9.17) is 4.74 Å². The van der Waals surface area contributed by atoms with E-state index in [1.165, 1.54) is 5.56 Å². The number of pyridine rings is 1. The molecule has 0 spiro atoms. The number of rotatable bonds is 6. The molecule has 0 aliphatic heterocycles. The minimum absolute atomic E-state index is 0.205. The molecule has 1 heterocycles. The van der Waals surface area contributed by atoms with E-state index in [0.29, 0.717) is 19.7 Å². The minimum atomic E-state index is -0.205. The minimum Gasteiger partial charge on any atom is -0.491 e. The molecule has 0 aliphatic rings. The van der Waals surface area contributed by atoms with Crippen molar-refractivity contribution in [2.75, 3.05) is 13.2 Å². The number of urea groups is 1. The van der Waals surface area contributed by atoms with Crippen LogP contribution in [0.1, 0.15) is 22.3 Å². The molecule has 122 valence electrons. The lowest BCUT2D eigenvalue weighted by Crippen LogP contribution is -2.37. The molecule has 0 atom stereocenters. The van der Waals surface area contributed by atoms with Gasteiger partial charge in [-0.15, -0.1) is 0 Å². The third-order valence-electron chi connectivity index (χ3n) is 3.71. The first kappa shape index (κ1) is 16.8. The zero-order valence-corrected chi connectivity index (χ0v) is 13.8. The molecule has 0 unspecified atom stereocenters. The Morgan fingerprint density at radius 2 is 1.74 bits per heavy atom. The van der Waals surface area contributed by atoms with Crippen molar-refractivity contribution in [3.63, 3.8) is 0 Å². The van der Waals surface area contributed by atoms with Gasteiger partial charge >= 0.3 is 6.03 Å². The lowest BCUT2D eigenvalue weighted by molar-refractivity contribution is 0.236. The quantitative estimate of drug-likeness (QED) is 0.806. The Morgan fingerprint density at radius 3 is 2.48 bits per heavy atom. The average molecular weight is 313 g/mol. The van der Waals surface area contributed by atoms with E-state index in [1.54, 1.807) is 12.4 Å². The predicted molar refractivity (Wildman–Crippen MR) is 90.6 cm³/mol. The summed E-state index contributed by atoms with van der Waals surface area (Å²) in [6, 6.07) is 7.66. The van der Waals surface area contributed by atoms with Gasteiger partial charge in [0.1, 0.15) is 12.4 Å². The molecule has 0 fully saturated rings. The van der Waals surface area contributed by atoms with Gasteiger partial charge in [0.05, 0.1) is 6.54 Å². The standard InChI is InChI=1S/C18H23N3O2/c1-13-4-5-14(2)17(15(13)3)23-11-10-20-18(22)21-12-16-6-8-19-9-7-16/h4-9H,10-12H2,1-3H3,(H2,20,21,22). The summed E-state index contributed by atoms with van der Waals surface area (Å²) in [7, 11) is 0. The van der Waals surface area contributed by atoms with Crippen LogP contribution in [0.2, 0.25) is 0 Å². The molecule has 1 aromatic carbocycles. The Labute approximate surface area is 137 Å². The van der Waals surface area contributed by atoms with Gasteiger partial charge in [0.2, 0.25) is 0 Å². The van der Waals surface area contributed by atoms with Crippen LogP contribution in [0.5, 0.6) is 5.75 Å². The summed E-state index contributed by atoms with van der Waals surface area (Å²) < 4.78 is 5.81. The van der Waals surface area contributed by atoms with Gasteiger partial charge in [-0.05, 0) is 55.2 Å². The Morgan fingerprint density at radius 1 is 1.04 bits per heavy atom. The molecule has 5 nitrogen and oxygen atoms in total. The molecule has 0 saturated carbocycles. The average Bonchev–Trinajstić information content (AvgIpc) is 2.57. The lowest BCUT2D eigenvalue weighted by atomic mass is 10.1. The highest BCUT2D eigenvalue weighted by atomic mass is 16.5. The molecule has 0 radical (unpaired) electrons. The van der Waals surface area contributed by atoms with Crippen molar-refractivity contribution in [2.45, 2.75) is 27.3 Å². The zero-order valence-electron chi connectivity index (χ0n) is 13.8. The number of benzene rings is 1. The highest BCUT2D eigenvalue weighted by Crippen LogP contribution is 2.25. The molecule has 0 saturated heterocycles. The van der Waals surface area contributed by atoms with E-state index in [9.17, 15) is 4.79 Å². The van der Waals surface area contributed by atoms with Crippen molar-refractivity contribution in [2.24, 2.45) is 0 Å². The summed E-state index contributed by atoms with van der Waals surface area (Å²) in [6.07, 6.45) is 3.41. The molecule has 2 N–H and O–H groups in total. The molecule has 0 aliphatic carbocycles. The summed E-state index contributed by atoms with van der Waals surface area (Å²) in [4.78, 5) is 15.7. The Kier molecular flexibility index (Phi) is 5.97. The van der Waals surface area contributed by atoms with E-state index >= 15 is 0 Å². The van der Waals surface area contributed by atoms with Crippen molar-refractivity contribution in [1.82, 2.24) is 15.6 Å². The van der Waals surface area contributed by atoms with E-state index < -0.39 is 0 Å². The van der Waals surface area contributed by atoms with E-state index in [2.05, 4.69) is 28.6 Å². The second-order valence-electron chi connectivity index (χ2n) is 5.47. The first-order valence-corrected chi connectivity index (χ1v) is 7.68. The Bertz CT molecular complexity index is 657. The summed E-state index contributed by atoms with van der Waals surface area (Å²) in [5.41, 5.74) is 4.47. The van der Waals surface area contributed by atoms with E-state index in [1.807, 2.05) is 32.0 Å². The van der Waals surface area contributed by atoms with Crippen molar-refractivity contribution >= 4 is 6.03 Å². The highest BCUT2D eigenvalue weighted by Gasteiger charge is 2.06. The maximum Gasteiger partial charge on any atom is 0.315 e. The largest absolute Gasteiger partial charge is 0.491 e. The van der Waals surface area contributed by atoms with Gasteiger partial charge in [-0.25, -0.2) is 4.79 Å². The molecule has 2 aromatic rings. The van der Waals surface area contributed by atoms with Gasteiger partial charge in [0.15, 0.2) is 0 Å². The van der Waals surface area contributed by atoms with Crippen molar-refractivity contribution in [3.8, 4) is 5.75 Å². The van der Waals surface area contributed by atoms with E-state index in [0.717, 1.165) is 22.4 Å². The summed E-state index contributed by atoms with van der Waals surface area (Å²) >= 11 is 0. The number of carbonyl (C=O) groups is 1. The summed E-state index contributed by atoms with van der Waals surface area (Å²) in [5.74, 6) is 0.906. The van der Waals surface area contributed by atoms with Crippen LogP contribution >= 0.6 is 0 Å². The van der Waals surface area contributed by atoms with Crippen LogP contribution < -0.4 is 15.4 Å². The maximum atomic E-state index is 11.7. The molecule has 23 heavy (non-hydrogen) atoms. The first-order chi connectivity index (χ1) is 11.1. The van der Waals surface area contributed by atoms with Crippen LogP contribution in [0.3, 0.4) is 0 Å². The molecular weight excluding hydrogens is 290 g/mol. The molecule has 5 heteroatoms. The number of aryl methyl sites for hydroxylation is 2. The fraction of sp³-hybridized carbons (Fsp3) is 0.333. The molecule has 2 rings (SSSR count). The predicted octanol–water partition coefficient (Wildman–Crippen LogP) is 2.89. The SMILES string of the molecule is Cc1ccc(C)c(OCCNC(=O)NCc2ccncc2)c1C. The summed E-state index contributed by atoms with van der Waals surface area (Å²) in [5, 5.41) is 5.58. The normalized spacial score (nSPS) is 10.2. The van der Waals surface area contributed by atoms with Crippen LogP contribution in [0.25, 0.3) is 0 Å². The number of nitrogens with zero attached hydrogens (tertiary/aromatic N) is 1. The summed E-state index contributed by atoms with van der Waals surface area (Å²) in [6.45, 7) is 7.50. The first-order valence-electron chi connectivity index (χ1n) is 7.68. The highest BCUT2D eigenvalue weighted by molar-refractivity contribution is 5.73. The van der Waals surface area contributed by atoms with Crippen LogP contribution in [0.15, 0.2) is 36.7 Å². The van der Waals surface area contributed by atoms with Gasteiger partial charge in [-0.2, -0.15) is 0 Å². The number of aromatic nitrogens is 1. The number of hydrogen-bond donors (Lipinski definition) is 2. The smallest absolute Gasteiger partial charge is 0.315 e. The third-order valence-corrected chi connectivity index (χ3v) is 3.71. The van der Waals surface area contributed by atoms with Gasteiger partial charge in [0, 0.05) is 18.9 Å². The van der Waals surface area contributed by atoms with Crippen LogP contribution in [0.4, 0.5) is 4.79 Å². The molecule has 2 amide bonds. The number of hydrogen-bond acceptors (Lipinski definition) is 3. The van der Waals surface area contributed by atoms with Gasteiger partial charge < -0.3 is 15.4 Å². The zero-order chi connectivity index (χ0) is 16.7. The van der Waals surface area contributed by atoms with Crippen LogP contribution in [0, 0.1) is 20.8 Å². The molecule has 0 bridgehead atoms. The fourth-order valence-electron chi connectivity index (χ4n) is 2.21. The van der Waals surface area contributed by atoms with Crippen LogP contribution in [-0.2, 0) is 6.54 Å². The van der Waals surface area contributed by atoms with Crippen LogP contribution in [-0.4, -0.2) is 24.2 Å². The van der Waals surface area contributed by atoms with Crippen molar-refractivity contribution in [3.05, 3.63) is 58.9 Å². The number of ether oxygens (including phenoxy) is 1. The van der Waals surface area contributed by atoms with Crippen molar-refractivity contribution in [1.29, 1.82) is 0 Å². The monoisotopic (exact) mass is 313 g/mol. The van der Waals surface area contributed by atoms with Gasteiger partial charge in [-0.3, -0.25) is 4.98 Å².